The second kappa shape index (κ2) is 9.40. The number of hydrogen-bond donors (Lipinski definition) is 3. The molecule has 1 atom stereocenters. The molecular weight excluding hydrogens is 184 g/mol. The summed E-state index contributed by atoms with van der Waals surface area (Å²) in [6.45, 7) is 8.22. The molecule has 4 nitrogen and oxygen atoms in total. The molecule has 4 heteroatoms. The Bertz CT molecular complexity index is 103. The van der Waals surface area contributed by atoms with Gasteiger partial charge in [-0.3, -0.25) is 0 Å². The van der Waals surface area contributed by atoms with Crippen LogP contribution in [0.1, 0.15) is 34.1 Å². The summed E-state index contributed by atoms with van der Waals surface area (Å²) >= 11 is 0. The Hall–Kier alpha value is -0.160. The second-order valence-electron chi connectivity index (χ2n) is 3.79. The molecule has 0 heterocycles. The monoisotopic (exact) mass is 208 g/mol. The van der Waals surface area contributed by atoms with Gasteiger partial charge in [0.25, 0.3) is 0 Å². The van der Waals surface area contributed by atoms with E-state index in [2.05, 4.69) is 0 Å². The van der Waals surface area contributed by atoms with Gasteiger partial charge in [-0.25, -0.2) is 0 Å². The van der Waals surface area contributed by atoms with Crippen molar-refractivity contribution in [2.45, 2.75) is 45.8 Å². The molecule has 14 heavy (non-hydrogen) atoms. The minimum Gasteiger partial charge on any atom is -0.394 e. The molecule has 0 aromatic heterocycles. The molecule has 0 spiro atoms. The van der Waals surface area contributed by atoms with Gasteiger partial charge in [-0.1, -0.05) is 0 Å². The van der Waals surface area contributed by atoms with E-state index in [-0.39, 0.29) is 6.61 Å². The van der Waals surface area contributed by atoms with Crippen molar-refractivity contribution in [2.24, 2.45) is 0 Å². The summed E-state index contributed by atoms with van der Waals surface area (Å²) in [5.41, 5.74) is -0.728. The Morgan fingerprint density at radius 2 is 1.86 bits per heavy atom. The molecule has 0 aromatic carbocycles. The molecule has 1 unspecified atom stereocenters. The van der Waals surface area contributed by atoms with Crippen molar-refractivity contribution in [2.75, 3.05) is 19.8 Å². The van der Waals surface area contributed by atoms with Crippen molar-refractivity contribution in [1.82, 2.24) is 0 Å². The average molecular weight is 208 g/mol. The van der Waals surface area contributed by atoms with Gasteiger partial charge in [-0.15, -0.1) is 0 Å². The zero-order valence-corrected chi connectivity index (χ0v) is 9.66. The van der Waals surface area contributed by atoms with Gasteiger partial charge < -0.3 is 20.1 Å². The van der Waals surface area contributed by atoms with E-state index in [0.29, 0.717) is 19.6 Å². The summed E-state index contributed by atoms with van der Waals surface area (Å²) in [4.78, 5) is 0. The quantitative estimate of drug-likeness (QED) is 0.577. The first-order valence-corrected chi connectivity index (χ1v) is 4.92. The number of ether oxygens (including phenoxy) is 1. The maximum Gasteiger partial charge on any atom is 0.0697 e. The molecule has 88 valence electrons. The molecule has 0 amide bonds. The van der Waals surface area contributed by atoms with Crippen molar-refractivity contribution >= 4 is 0 Å². The molecule has 0 aliphatic heterocycles. The SMILES string of the molecule is CC(O)CC(C)(C)O.CCOCCO. The van der Waals surface area contributed by atoms with Crippen LogP contribution in [0.2, 0.25) is 0 Å². The molecule has 0 saturated heterocycles. The molecule has 0 aliphatic rings. The first-order valence-electron chi connectivity index (χ1n) is 4.92. The first kappa shape index (κ1) is 16.3. The lowest BCUT2D eigenvalue weighted by atomic mass is 10.0. The molecule has 0 fully saturated rings. The Labute approximate surface area is 86.5 Å². The Morgan fingerprint density at radius 3 is 1.93 bits per heavy atom. The first-order chi connectivity index (χ1) is 6.33. The van der Waals surface area contributed by atoms with Gasteiger partial charge in [0.15, 0.2) is 0 Å². The highest BCUT2D eigenvalue weighted by molar-refractivity contribution is 4.67. The van der Waals surface area contributed by atoms with Crippen LogP contribution in [0, 0.1) is 0 Å². The molecule has 0 saturated carbocycles. The molecule has 0 bridgehead atoms. The summed E-state index contributed by atoms with van der Waals surface area (Å²) in [7, 11) is 0. The minimum atomic E-state index is -0.728. The van der Waals surface area contributed by atoms with E-state index in [1.165, 1.54) is 0 Å². The smallest absolute Gasteiger partial charge is 0.0697 e. The van der Waals surface area contributed by atoms with E-state index in [9.17, 15) is 0 Å². The van der Waals surface area contributed by atoms with Crippen LogP contribution in [0.3, 0.4) is 0 Å². The fourth-order valence-corrected chi connectivity index (χ4v) is 0.932. The predicted molar refractivity (Wildman–Crippen MR) is 56.2 cm³/mol. The maximum absolute atomic E-state index is 9.03. The number of aliphatic hydroxyl groups is 3. The average Bonchev–Trinajstić information content (AvgIpc) is 1.97. The lowest BCUT2D eigenvalue weighted by Crippen LogP contribution is -2.24. The topological polar surface area (TPSA) is 69.9 Å². The van der Waals surface area contributed by atoms with Crippen molar-refractivity contribution in [1.29, 1.82) is 0 Å². The number of rotatable bonds is 5. The second-order valence-corrected chi connectivity index (χ2v) is 3.79. The standard InChI is InChI=1S/C6H14O2.C4H10O2/c1-5(7)4-6(2,3)8;1-2-6-4-3-5/h5,7-8H,4H2,1-3H3;5H,2-4H2,1H3. The third kappa shape index (κ3) is 22.6. The van der Waals surface area contributed by atoms with Crippen LogP contribution in [0.5, 0.6) is 0 Å². The highest BCUT2D eigenvalue weighted by Crippen LogP contribution is 2.09. The predicted octanol–water partition coefficient (Wildman–Crippen LogP) is 0.543. The van der Waals surface area contributed by atoms with Gasteiger partial charge in [0.1, 0.15) is 0 Å². The van der Waals surface area contributed by atoms with Crippen LogP contribution in [0.25, 0.3) is 0 Å². The van der Waals surface area contributed by atoms with E-state index in [4.69, 9.17) is 20.1 Å². The normalized spacial score (nSPS) is 13.1. The van der Waals surface area contributed by atoms with Crippen LogP contribution >= 0.6 is 0 Å². The Morgan fingerprint density at radius 1 is 1.36 bits per heavy atom. The van der Waals surface area contributed by atoms with E-state index in [1.807, 2.05) is 6.92 Å². The van der Waals surface area contributed by atoms with Gasteiger partial charge >= 0.3 is 0 Å². The summed E-state index contributed by atoms with van der Waals surface area (Å²) in [6.07, 6.45) is 0.0301. The van der Waals surface area contributed by atoms with E-state index >= 15 is 0 Å². The third-order valence-electron chi connectivity index (χ3n) is 1.23. The van der Waals surface area contributed by atoms with Gasteiger partial charge in [0.2, 0.25) is 0 Å². The lowest BCUT2D eigenvalue weighted by molar-refractivity contribution is 0.0249. The highest BCUT2D eigenvalue weighted by Gasteiger charge is 2.14. The van der Waals surface area contributed by atoms with E-state index < -0.39 is 11.7 Å². The molecule has 0 radical (unpaired) electrons. The number of aliphatic hydroxyl groups excluding tert-OH is 2. The van der Waals surface area contributed by atoms with Crippen LogP contribution in [-0.2, 0) is 4.74 Å². The van der Waals surface area contributed by atoms with Crippen LogP contribution in [-0.4, -0.2) is 46.8 Å². The summed E-state index contributed by atoms with van der Waals surface area (Å²) < 4.78 is 4.73. The van der Waals surface area contributed by atoms with Crippen molar-refractivity contribution in [3.8, 4) is 0 Å². The molecule has 0 aliphatic carbocycles. The summed E-state index contributed by atoms with van der Waals surface area (Å²) in [5.74, 6) is 0. The summed E-state index contributed by atoms with van der Waals surface area (Å²) in [6, 6.07) is 0. The van der Waals surface area contributed by atoms with Gasteiger partial charge in [-0.2, -0.15) is 0 Å². The molecule has 0 rings (SSSR count). The van der Waals surface area contributed by atoms with Gasteiger partial charge in [-0.05, 0) is 27.7 Å². The zero-order chi connectivity index (χ0) is 11.6. The molecule has 3 N–H and O–H groups in total. The van der Waals surface area contributed by atoms with Gasteiger partial charge in [0, 0.05) is 13.0 Å². The number of hydrogen-bond acceptors (Lipinski definition) is 4. The fraction of sp³-hybridized carbons (Fsp3) is 1.00. The van der Waals surface area contributed by atoms with Crippen LogP contribution < -0.4 is 0 Å². The van der Waals surface area contributed by atoms with Crippen molar-refractivity contribution in [3.05, 3.63) is 0 Å². The Kier molecular flexibility index (Phi) is 10.9. The largest absolute Gasteiger partial charge is 0.394 e. The van der Waals surface area contributed by atoms with Gasteiger partial charge in [0.05, 0.1) is 24.9 Å². The molecule has 0 aromatic rings. The molecular formula is C10H24O4. The van der Waals surface area contributed by atoms with Crippen molar-refractivity contribution < 1.29 is 20.1 Å². The highest BCUT2D eigenvalue weighted by atomic mass is 16.5. The Balaban J connectivity index is 0. The zero-order valence-electron chi connectivity index (χ0n) is 9.66. The summed E-state index contributed by atoms with van der Waals surface area (Å²) in [5, 5.41) is 25.8. The fourth-order valence-electron chi connectivity index (χ4n) is 0.932. The maximum atomic E-state index is 9.03. The van der Waals surface area contributed by atoms with Crippen LogP contribution in [0.15, 0.2) is 0 Å². The van der Waals surface area contributed by atoms with E-state index in [0.717, 1.165) is 0 Å². The lowest BCUT2D eigenvalue weighted by Gasteiger charge is -2.17. The third-order valence-corrected chi connectivity index (χ3v) is 1.23. The minimum absolute atomic E-state index is 0.133. The van der Waals surface area contributed by atoms with Crippen molar-refractivity contribution in [3.63, 3.8) is 0 Å². The van der Waals surface area contributed by atoms with Crippen LogP contribution in [0.4, 0.5) is 0 Å². The van der Waals surface area contributed by atoms with E-state index in [1.54, 1.807) is 20.8 Å².